The van der Waals surface area contributed by atoms with E-state index in [4.69, 9.17) is 9.47 Å². The molecule has 0 radical (unpaired) electrons. The number of rotatable bonds is 9. The largest absolute Gasteiger partial charge is 0.485 e. The molecule has 10 heteroatoms. The van der Waals surface area contributed by atoms with Gasteiger partial charge in [0, 0.05) is 12.6 Å². The number of thioether (sulfide) groups is 1. The number of allylic oxidation sites excluding steroid dienone is 1. The molecule has 5 rings (SSSR count). The zero-order chi connectivity index (χ0) is 24.2. The van der Waals surface area contributed by atoms with Gasteiger partial charge in [-0.25, -0.2) is 0 Å². The molecule has 2 aliphatic rings. The minimum absolute atomic E-state index is 0.0959. The minimum Gasteiger partial charge on any atom is -0.485 e. The van der Waals surface area contributed by atoms with Crippen LogP contribution in [0.15, 0.2) is 66.3 Å². The molecular weight excluding hydrogens is 466 g/mol. The van der Waals surface area contributed by atoms with Crippen molar-refractivity contribution in [3.05, 3.63) is 72.6 Å². The molecule has 2 amide bonds. The third kappa shape index (κ3) is 5.32. The normalized spacial score (nSPS) is 16.4. The molecular formula is C25H25N5O4S. The SMILES string of the molecule is C=CCn1c(SCC(=O)Nc2ccccc2C(=O)NC2CC2)nnc1[C@H]1COc2ccccc2O1. The summed E-state index contributed by atoms with van der Waals surface area (Å²) in [6.45, 7) is 4.59. The molecule has 180 valence electrons. The molecule has 2 aromatic carbocycles. The maximum Gasteiger partial charge on any atom is 0.253 e. The highest BCUT2D eigenvalue weighted by Crippen LogP contribution is 2.36. The van der Waals surface area contributed by atoms with Crippen LogP contribution in [0.25, 0.3) is 0 Å². The van der Waals surface area contributed by atoms with Crippen LogP contribution in [0, 0.1) is 0 Å². The molecule has 1 fully saturated rings. The van der Waals surface area contributed by atoms with E-state index in [1.165, 1.54) is 11.8 Å². The molecule has 1 saturated carbocycles. The Morgan fingerprint density at radius 2 is 1.89 bits per heavy atom. The number of fused-ring (bicyclic) bond motifs is 1. The number of carbonyl (C=O) groups is 2. The van der Waals surface area contributed by atoms with Gasteiger partial charge in [0.2, 0.25) is 5.91 Å². The second-order valence-corrected chi connectivity index (χ2v) is 9.18. The van der Waals surface area contributed by atoms with E-state index in [1.807, 2.05) is 28.8 Å². The molecule has 9 nitrogen and oxygen atoms in total. The number of anilines is 1. The van der Waals surface area contributed by atoms with Gasteiger partial charge < -0.3 is 20.1 Å². The zero-order valence-corrected chi connectivity index (χ0v) is 19.8. The van der Waals surface area contributed by atoms with E-state index in [2.05, 4.69) is 27.4 Å². The van der Waals surface area contributed by atoms with Crippen LogP contribution in [0.3, 0.4) is 0 Å². The lowest BCUT2D eigenvalue weighted by molar-refractivity contribution is -0.113. The standard InChI is InChI=1S/C25H25N5O4S/c1-2-13-30-23(21-14-33-19-9-5-6-10-20(19)34-21)28-29-25(30)35-15-22(31)27-18-8-4-3-7-17(18)24(32)26-16-11-12-16/h2-10,16,21H,1,11-15H2,(H,26,32)(H,27,31)/t21-/m1/s1. The summed E-state index contributed by atoms with van der Waals surface area (Å²) in [5.41, 5.74) is 0.931. The Morgan fingerprint density at radius 3 is 2.69 bits per heavy atom. The van der Waals surface area contributed by atoms with Crippen molar-refractivity contribution >= 4 is 29.3 Å². The number of aromatic nitrogens is 3. The Hall–Kier alpha value is -3.79. The summed E-state index contributed by atoms with van der Waals surface area (Å²) >= 11 is 1.25. The molecule has 2 heterocycles. The summed E-state index contributed by atoms with van der Waals surface area (Å²) in [7, 11) is 0. The van der Waals surface area contributed by atoms with Gasteiger partial charge in [-0.15, -0.1) is 16.8 Å². The molecule has 2 N–H and O–H groups in total. The number of nitrogens with zero attached hydrogens (tertiary/aromatic N) is 3. The summed E-state index contributed by atoms with van der Waals surface area (Å²) in [5.74, 6) is 1.61. The third-order valence-electron chi connectivity index (χ3n) is 5.54. The van der Waals surface area contributed by atoms with Gasteiger partial charge in [0.25, 0.3) is 5.91 Å². The highest BCUT2D eigenvalue weighted by Gasteiger charge is 2.29. The van der Waals surface area contributed by atoms with Gasteiger partial charge in [-0.2, -0.15) is 0 Å². The molecule has 1 aromatic heterocycles. The van der Waals surface area contributed by atoms with Crippen molar-refractivity contribution in [1.29, 1.82) is 0 Å². The van der Waals surface area contributed by atoms with Crippen LogP contribution in [0.5, 0.6) is 11.5 Å². The third-order valence-corrected chi connectivity index (χ3v) is 6.51. The summed E-state index contributed by atoms with van der Waals surface area (Å²) in [6, 6.07) is 14.7. The van der Waals surface area contributed by atoms with Crippen LogP contribution >= 0.6 is 11.8 Å². The average molecular weight is 492 g/mol. The Balaban J connectivity index is 1.25. The number of para-hydroxylation sites is 3. The van der Waals surface area contributed by atoms with E-state index >= 15 is 0 Å². The molecule has 0 saturated heterocycles. The van der Waals surface area contributed by atoms with Gasteiger partial charge in [0.05, 0.1) is 17.0 Å². The maximum atomic E-state index is 12.7. The monoisotopic (exact) mass is 491 g/mol. The molecule has 1 aliphatic heterocycles. The Morgan fingerprint density at radius 1 is 1.11 bits per heavy atom. The number of hydrogen-bond donors (Lipinski definition) is 2. The highest BCUT2D eigenvalue weighted by atomic mass is 32.2. The summed E-state index contributed by atoms with van der Waals surface area (Å²) in [4.78, 5) is 25.2. The van der Waals surface area contributed by atoms with Crippen molar-refractivity contribution < 1.29 is 19.1 Å². The lowest BCUT2D eigenvalue weighted by Crippen LogP contribution is -2.27. The van der Waals surface area contributed by atoms with Crippen molar-refractivity contribution in [3.8, 4) is 11.5 Å². The maximum absolute atomic E-state index is 12.7. The summed E-state index contributed by atoms with van der Waals surface area (Å²) < 4.78 is 13.8. The molecule has 35 heavy (non-hydrogen) atoms. The van der Waals surface area contributed by atoms with Crippen LogP contribution in [-0.4, -0.2) is 45.0 Å². The van der Waals surface area contributed by atoms with Crippen LogP contribution in [0.2, 0.25) is 0 Å². The number of hydrogen-bond acceptors (Lipinski definition) is 7. The molecule has 3 aromatic rings. The highest BCUT2D eigenvalue weighted by molar-refractivity contribution is 7.99. The van der Waals surface area contributed by atoms with E-state index in [0.717, 1.165) is 12.8 Å². The van der Waals surface area contributed by atoms with Crippen LogP contribution in [0.1, 0.15) is 35.1 Å². The first-order valence-corrected chi connectivity index (χ1v) is 12.4. The van der Waals surface area contributed by atoms with Crippen LogP contribution in [0.4, 0.5) is 5.69 Å². The van der Waals surface area contributed by atoms with E-state index < -0.39 is 6.10 Å². The first-order chi connectivity index (χ1) is 17.1. The number of amides is 2. The average Bonchev–Trinajstić information content (AvgIpc) is 3.60. The fraction of sp³-hybridized carbons (Fsp3) is 0.280. The topological polar surface area (TPSA) is 107 Å². The predicted molar refractivity (Wildman–Crippen MR) is 132 cm³/mol. The van der Waals surface area contributed by atoms with Crippen molar-refractivity contribution in [3.63, 3.8) is 0 Å². The summed E-state index contributed by atoms with van der Waals surface area (Å²) in [6.07, 6.45) is 3.30. The second kappa shape index (κ2) is 10.2. The van der Waals surface area contributed by atoms with Crippen molar-refractivity contribution in [2.75, 3.05) is 17.7 Å². The Bertz CT molecular complexity index is 1260. The Labute approximate surface area is 206 Å². The van der Waals surface area contributed by atoms with Gasteiger partial charge in [-0.1, -0.05) is 42.1 Å². The van der Waals surface area contributed by atoms with Crippen LogP contribution < -0.4 is 20.1 Å². The Kier molecular flexibility index (Phi) is 6.71. The zero-order valence-electron chi connectivity index (χ0n) is 19.0. The quantitative estimate of drug-likeness (QED) is 0.348. The fourth-order valence-electron chi connectivity index (χ4n) is 3.69. The van der Waals surface area contributed by atoms with Gasteiger partial charge in [-0.05, 0) is 37.1 Å². The summed E-state index contributed by atoms with van der Waals surface area (Å²) in [5, 5.41) is 15.0. The van der Waals surface area contributed by atoms with Crippen LogP contribution in [-0.2, 0) is 11.3 Å². The lowest BCUT2D eigenvalue weighted by Gasteiger charge is -2.26. The van der Waals surface area contributed by atoms with E-state index in [-0.39, 0.29) is 23.6 Å². The second-order valence-electron chi connectivity index (χ2n) is 8.23. The van der Waals surface area contributed by atoms with E-state index in [1.54, 1.807) is 30.3 Å². The molecule has 0 bridgehead atoms. The molecule has 0 unspecified atom stereocenters. The van der Waals surface area contributed by atoms with E-state index in [9.17, 15) is 9.59 Å². The molecule has 1 aliphatic carbocycles. The van der Waals surface area contributed by atoms with Gasteiger partial charge in [0.15, 0.2) is 28.6 Å². The van der Waals surface area contributed by atoms with E-state index in [0.29, 0.717) is 46.9 Å². The molecule has 1 atom stereocenters. The fourth-order valence-corrected chi connectivity index (χ4v) is 4.44. The van der Waals surface area contributed by atoms with Crippen molar-refractivity contribution in [2.45, 2.75) is 36.7 Å². The first-order valence-electron chi connectivity index (χ1n) is 11.4. The van der Waals surface area contributed by atoms with Gasteiger partial charge in [-0.3, -0.25) is 14.2 Å². The van der Waals surface area contributed by atoms with Crippen molar-refractivity contribution in [2.24, 2.45) is 0 Å². The number of nitrogens with one attached hydrogen (secondary N) is 2. The van der Waals surface area contributed by atoms with Crippen molar-refractivity contribution in [1.82, 2.24) is 20.1 Å². The number of benzene rings is 2. The van der Waals surface area contributed by atoms with Gasteiger partial charge in [0.1, 0.15) is 6.61 Å². The minimum atomic E-state index is -0.433. The smallest absolute Gasteiger partial charge is 0.253 e. The number of carbonyl (C=O) groups excluding carboxylic acids is 2. The number of ether oxygens (including phenoxy) is 2. The first kappa shape index (κ1) is 23.0. The molecule has 0 spiro atoms. The lowest BCUT2D eigenvalue weighted by atomic mass is 10.1. The van der Waals surface area contributed by atoms with Gasteiger partial charge >= 0.3 is 0 Å². The predicted octanol–water partition coefficient (Wildman–Crippen LogP) is 3.60.